The smallest absolute Gasteiger partial charge is 0.244 e. The van der Waals surface area contributed by atoms with E-state index in [0.717, 1.165) is 17.4 Å². The van der Waals surface area contributed by atoms with Gasteiger partial charge in [-0.1, -0.05) is 30.3 Å². The molecule has 1 aromatic rings. The van der Waals surface area contributed by atoms with Crippen molar-refractivity contribution in [2.24, 2.45) is 0 Å². The summed E-state index contributed by atoms with van der Waals surface area (Å²) in [7, 11) is -3.04. The summed E-state index contributed by atoms with van der Waals surface area (Å²) in [6.45, 7) is 1.97. The summed E-state index contributed by atoms with van der Waals surface area (Å²) in [6.07, 6.45) is 2.61. The van der Waals surface area contributed by atoms with Gasteiger partial charge in [0.05, 0.1) is 5.75 Å². The van der Waals surface area contributed by atoms with Gasteiger partial charge < -0.3 is 5.32 Å². The van der Waals surface area contributed by atoms with Crippen LogP contribution < -0.4 is 5.32 Å². The lowest BCUT2D eigenvalue weighted by Gasteiger charge is -2.03. The van der Waals surface area contributed by atoms with Crippen LogP contribution in [0.5, 0.6) is 0 Å². The number of benzene rings is 1. The monoisotopic (exact) mass is 267 g/mol. The molecule has 0 bridgehead atoms. The molecule has 0 aromatic heterocycles. The van der Waals surface area contributed by atoms with Crippen molar-refractivity contribution in [3.05, 3.63) is 42.0 Å². The summed E-state index contributed by atoms with van der Waals surface area (Å²) in [4.78, 5) is 11.5. The first kappa shape index (κ1) is 14.4. The van der Waals surface area contributed by atoms with Gasteiger partial charge in [0.2, 0.25) is 5.91 Å². The molecule has 0 aliphatic carbocycles. The van der Waals surface area contributed by atoms with Crippen LogP contribution in [0.15, 0.2) is 36.4 Å². The lowest BCUT2D eigenvalue weighted by Crippen LogP contribution is -2.27. The maximum absolute atomic E-state index is 11.5. The van der Waals surface area contributed by atoms with Gasteiger partial charge in [-0.3, -0.25) is 4.79 Å². The van der Waals surface area contributed by atoms with Crippen LogP contribution in [0.1, 0.15) is 12.5 Å². The molecule has 18 heavy (non-hydrogen) atoms. The summed E-state index contributed by atoms with van der Waals surface area (Å²) in [5.41, 5.74) is 1.81. The molecule has 98 valence electrons. The molecule has 0 saturated heterocycles. The normalized spacial score (nSPS) is 12.2. The van der Waals surface area contributed by atoms with Crippen molar-refractivity contribution >= 4 is 21.3 Å². The highest BCUT2D eigenvalue weighted by atomic mass is 32.2. The van der Waals surface area contributed by atoms with Gasteiger partial charge in [-0.25, -0.2) is 8.42 Å². The fourth-order valence-corrected chi connectivity index (χ4v) is 1.86. The molecule has 4 nitrogen and oxygen atoms in total. The minimum Gasteiger partial charge on any atom is -0.352 e. The number of hydrogen-bond acceptors (Lipinski definition) is 3. The van der Waals surface area contributed by atoms with Gasteiger partial charge in [0, 0.05) is 18.9 Å². The Balaban J connectivity index is 2.54. The molecule has 1 aromatic carbocycles. The van der Waals surface area contributed by atoms with E-state index in [9.17, 15) is 13.2 Å². The second-order valence-electron chi connectivity index (χ2n) is 4.11. The zero-order chi connectivity index (χ0) is 13.6. The summed E-state index contributed by atoms with van der Waals surface area (Å²) < 4.78 is 21.8. The zero-order valence-corrected chi connectivity index (χ0v) is 11.3. The molecule has 1 rings (SSSR count). The number of amides is 1. The van der Waals surface area contributed by atoms with Gasteiger partial charge in [0.1, 0.15) is 9.84 Å². The van der Waals surface area contributed by atoms with Crippen molar-refractivity contribution in [1.29, 1.82) is 0 Å². The summed E-state index contributed by atoms with van der Waals surface area (Å²) in [6, 6.07) is 9.52. The van der Waals surface area contributed by atoms with E-state index >= 15 is 0 Å². The molecule has 5 heteroatoms. The fourth-order valence-electron chi connectivity index (χ4n) is 1.39. The highest BCUT2D eigenvalue weighted by Crippen LogP contribution is 2.11. The minimum atomic E-state index is -3.04. The van der Waals surface area contributed by atoms with Crippen LogP contribution in [0, 0.1) is 0 Å². The molecule has 0 unspecified atom stereocenters. The third kappa shape index (κ3) is 5.63. The molecule has 0 radical (unpaired) electrons. The Kier molecular flexibility index (Phi) is 5.09. The third-order valence-corrected chi connectivity index (χ3v) is 3.29. The van der Waals surface area contributed by atoms with Crippen molar-refractivity contribution in [2.75, 3.05) is 18.6 Å². The van der Waals surface area contributed by atoms with Crippen LogP contribution in [0.2, 0.25) is 0 Å². The molecule has 0 heterocycles. The fraction of sp³-hybridized carbons (Fsp3) is 0.308. The second kappa shape index (κ2) is 6.35. The molecule has 0 atom stereocenters. The van der Waals surface area contributed by atoms with E-state index in [2.05, 4.69) is 5.32 Å². The van der Waals surface area contributed by atoms with E-state index in [1.165, 1.54) is 6.08 Å². The number of carbonyl (C=O) groups excluding carboxylic acids is 1. The molecule has 0 spiro atoms. The summed E-state index contributed by atoms with van der Waals surface area (Å²) >= 11 is 0. The average molecular weight is 267 g/mol. The molecule has 0 aliphatic rings. The SMILES string of the molecule is C/C(=C\C(=O)NCCS(C)(=O)=O)c1ccccc1. The molecule has 0 fully saturated rings. The number of rotatable bonds is 5. The first-order valence-electron chi connectivity index (χ1n) is 5.58. The van der Waals surface area contributed by atoms with E-state index in [1.807, 2.05) is 37.3 Å². The van der Waals surface area contributed by atoms with Gasteiger partial charge in [-0.15, -0.1) is 0 Å². The molecular formula is C13H17NO3S. The molecule has 0 saturated carbocycles. The van der Waals surface area contributed by atoms with Crippen LogP contribution >= 0.6 is 0 Å². The van der Waals surface area contributed by atoms with Crippen molar-refractivity contribution in [3.63, 3.8) is 0 Å². The van der Waals surface area contributed by atoms with Crippen LogP contribution in [-0.4, -0.2) is 32.9 Å². The van der Waals surface area contributed by atoms with Crippen LogP contribution in [0.3, 0.4) is 0 Å². The second-order valence-corrected chi connectivity index (χ2v) is 6.37. The van der Waals surface area contributed by atoms with Crippen molar-refractivity contribution < 1.29 is 13.2 Å². The predicted molar refractivity (Wildman–Crippen MR) is 72.8 cm³/mol. The lowest BCUT2D eigenvalue weighted by molar-refractivity contribution is -0.116. The van der Waals surface area contributed by atoms with Gasteiger partial charge >= 0.3 is 0 Å². The number of hydrogen-bond donors (Lipinski definition) is 1. The average Bonchev–Trinajstić information content (AvgIpc) is 2.28. The number of allylic oxidation sites excluding steroid dienone is 1. The number of carbonyl (C=O) groups is 1. The van der Waals surface area contributed by atoms with Gasteiger partial charge in [0.15, 0.2) is 0 Å². The van der Waals surface area contributed by atoms with Crippen LogP contribution in [0.4, 0.5) is 0 Å². The lowest BCUT2D eigenvalue weighted by atomic mass is 10.1. The first-order chi connectivity index (χ1) is 8.38. The largest absolute Gasteiger partial charge is 0.352 e. The van der Waals surface area contributed by atoms with E-state index in [4.69, 9.17) is 0 Å². The van der Waals surface area contributed by atoms with Gasteiger partial charge in [0.25, 0.3) is 0 Å². The van der Waals surface area contributed by atoms with E-state index in [0.29, 0.717) is 0 Å². The Bertz CT molecular complexity index is 533. The highest BCUT2D eigenvalue weighted by Gasteiger charge is 2.03. The standard InChI is InChI=1S/C13H17NO3S/c1-11(12-6-4-3-5-7-12)10-13(15)14-8-9-18(2,16)17/h3-7,10H,8-9H2,1-2H3,(H,14,15)/b11-10+. The van der Waals surface area contributed by atoms with Gasteiger partial charge in [-0.2, -0.15) is 0 Å². The van der Waals surface area contributed by atoms with E-state index < -0.39 is 9.84 Å². The minimum absolute atomic E-state index is 0.0447. The predicted octanol–water partition coefficient (Wildman–Crippen LogP) is 1.25. The number of sulfone groups is 1. The summed E-state index contributed by atoms with van der Waals surface area (Å²) in [5, 5.41) is 2.55. The van der Waals surface area contributed by atoms with Crippen molar-refractivity contribution in [3.8, 4) is 0 Å². The molecular weight excluding hydrogens is 250 g/mol. The van der Waals surface area contributed by atoms with Gasteiger partial charge in [-0.05, 0) is 18.1 Å². The Hall–Kier alpha value is -1.62. The zero-order valence-electron chi connectivity index (χ0n) is 10.5. The topological polar surface area (TPSA) is 63.2 Å². The maximum atomic E-state index is 11.5. The van der Waals surface area contributed by atoms with E-state index in [-0.39, 0.29) is 18.2 Å². The van der Waals surface area contributed by atoms with Crippen molar-refractivity contribution in [2.45, 2.75) is 6.92 Å². The molecule has 1 amide bonds. The van der Waals surface area contributed by atoms with Crippen LogP contribution in [0.25, 0.3) is 5.57 Å². The Morgan fingerprint density at radius 3 is 2.44 bits per heavy atom. The molecule has 1 N–H and O–H groups in total. The third-order valence-electron chi connectivity index (χ3n) is 2.35. The summed E-state index contributed by atoms with van der Waals surface area (Å²) in [5.74, 6) is -0.322. The quantitative estimate of drug-likeness (QED) is 0.817. The number of nitrogens with one attached hydrogen (secondary N) is 1. The molecule has 0 aliphatic heterocycles. The Morgan fingerprint density at radius 1 is 1.28 bits per heavy atom. The first-order valence-corrected chi connectivity index (χ1v) is 7.64. The van der Waals surface area contributed by atoms with Crippen LogP contribution in [-0.2, 0) is 14.6 Å². The highest BCUT2D eigenvalue weighted by molar-refractivity contribution is 7.90. The van der Waals surface area contributed by atoms with Crippen molar-refractivity contribution in [1.82, 2.24) is 5.32 Å². The Labute approximate surface area is 108 Å². The van der Waals surface area contributed by atoms with E-state index in [1.54, 1.807) is 0 Å². The maximum Gasteiger partial charge on any atom is 0.244 e. The Morgan fingerprint density at radius 2 is 1.89 bits per heavy atom.